The molecule has 96 valence electrons. The molecule has 0 aliphatic carbocycles. The molecule has 0 aromatic heterocycles. The first-order valence-electron chi connectivity index (χ1n) is 4.95. The average Bonchev–Trinajstić information content (AvgIpc) is 2.25. The van der Waals surface area contributed by atoms with E-state index in [2.05, 4.69) is 21.2 Å². The number of benzene rings is 1. The SMILES string of the molecule is CCNCc1ccc(C(F)(F)P(O)O)c(Br)c1. The Morgan fingerprint density at radius 2 is 2.06 bits per heavy atom. The summed E-state index contributed by atoms with van der Waals surface area (Å²) in [5.41, 5.74) is -3.18. The van der Waals surface area contributed by atoms with Crippen LogP contribution in [0.3, 0.4) is 0 Å². The molecule has 1 rings (SSSR count). The molecule has 7 heteroatoms. The lowest BCUT2D eigenvalue weighted by atomic mass is 10.1. The van der Waals surface area contributed by atoms with Crippen molar-refractivity contribution in [2.24, 2.45) is 0 Å². The van der Waals surface area contributed by atoms with Gasteiger partial charge in [0.15, 0.2) is 0 Å². The fourth-order valence-electron chi connectivity index (χ4n) is 1.29. The maximum atomic E-state index is 13.4. The van der Waals surface area contributed by atoms with E-state index >= 15 is 0 Å². The minimum absolute atomic E-state index is 0.175. The molecule has 3 nitrogen and oxygen atoms in total. The van der Waals surface area contributed by atoms with E-state index in [1.807, 2.05) is 6.92 Å². The third kappa shape index (κ3) is 3.66. The molecule has 0 radical (unpaired) electrons. The van der Waals surface area contributed by atoms with Crippen LogP contribution >= 0.6 is 24.3 Å². The number of hydrogen-bond acceptors (Lipinski definition) is 3. The zero-order chi connectivity index (χ0) is 13.1. The van der Waals surface area contributed by atoms with Crippen LogP contribution in [-0.2, 0) is 12.2 Å². The highest BCUT2D eigenvalue weighted by Crippen LogP contribution is 2.54. The molecule has 0 aliphatic rings. The lowest BCUT2D eigenvalue weighted by Gasteiger charge is -2.19. The fourth-order valence-corrected chi connectivity index (χ4v) is 2.53. The summed E-state index contributed by atoms with van der Waals surface area (Å²) >= 11 is 3.02. The average molecular weight is 328 g/mol. The van der Waals surface area contributed by atoms with Crippen molar-refractivity contribution in [2.45, 2.75) is 19.1 Å². The normalized spacial score (nSPS) is 12.2. The third-order valence-corrected chi connectivity index (χ3v) is 3.59. The van der Waals surface area contributed by atoms with Crippen molar-refractivity contribution >= 4 is 24.3 Å². The van der Waals surface area contributed by atoms with Gasteiger partial charge in [0.05, 0.1) is 0 Å². The van der Waals surface area contributed by atoms with Crippen molar-refractivity contribution < 1.29 is 18.6 Å². The molecule has 0 saturated carbocycles. The van der Waals surface area contributed by atoms with Gasteiger partial charge in [-0.2, -0.15) is 8.78 Å². The molecule has 0 fully saturated rings. The zero-order valence-electron chi connectivity index (χ0n) is 9.12. The van der Waals surface area contributed by atoms with Gasteiger partial charge < -0.3 is 15.1 Å². The van der Waals surface area contributed by atoms with Gasteiger partial charge in [-0.1, -0.05) is 35.0 Å². The van der Waals surface area contributed by atoms with E-state index in [1.54, 1.807) is 6.07 Å². The van der Waals surface area contributed by atoms with Gasteiger partial charge in [0, 0.05) is 16.6 Å². The smallest absolute Gasteiger partial charge is 0.340 e. The first kappa shape index (κ1) is 14.9. The zero-order valence-corrected chi connectivity index (χ0v) is 11.6. The molecular formula is C10H13BrF2NO2P. The fraction of sp³-hybridized carbons (Fsp3) is 0.400. The molecule has 0 spiro atoms. The summed E-state index contributed by atoms with van der Waals surface area (Å²) in [6, 6.07) is 4.29. The molecule has 0 atom stereocenters. The lowest BCUT2D eigenvalue weighted by Crippen LogP contribution is -2.14. The summed E-state index contributed by atoms with van der Waals surface area (Å²) in [5, 5.41) is 3.07. The molecular weight excluding hydrogens is 315 g/mol. The highest BCUT2D eigenvalue weighted by Gasteiger charge is 2.42. The van der Waals surface area contributed by atoms with Crippen LogP contribution < -0.4 is 5.32 Å². The first-order chi connectivity index (χ1) is 7.89. The van der Waals surface area contributed by atoms with Crippen molar-refractivity contribution in [3.05, 3.63) is 33.8 Å². The Labute approximate surface area is 108 Å². The van der Waals surface area contributed by atoms with E-state index in [0.29, 0.717) is 6.54 Å². The van der Waals surface area contributed by atoms with E-state index in [1.165, 1.54) is 12.1 Å². The van der Waals surface area contributed by atoms with Crippen molar-refractivity contribution in [1.29, 1.82) is 0 Å². The largest absolute Gasteiger partial charge is 0.346 e. The van der Waals surface area contributed by atoms with Gasteiger partial charge in [0.25, 0.3) is 0 Å². The highest BCUT2D eigenvalue weighted by molar-refractivity contribution is 9.10. The van der Waals surface area contributed by atoms with E-state index in [0.717, 1.165) is 12.1 Å². The third-order valence-electron chi connectivity index (χ3n) is 2.19. The predicted molar refractivity (Wildman–Crippen MR) is 66.8 cm³/mol. The Morgan fingerprint density at radius 3 is 2.53 bits per heavy atom. The second kappa shape index (κ2) is 6.16. The molecule has 17 heavy (non-hydrogen) atoms. The number of nitrogens with one attached hydrogen (secondary N) is 1. The topological polar surface area (TPSA) is 52.5 Å². The molecule has 0 bridgehead atoms. The molecule has 3 N–H and O–H groups in total. The van der Waals surface area contributed by atoms with E-state index in [4.69, 9.17) is 9.79 Å². The van der Waals surface area contributed by atoms with E-state index in [9.17, 15) is 8.78 Å². The number of rotatable bonds is 5. The van der Waals surface area contributed by atoms with Gasteiger partial charge in [-0.3, -0.25) is 0 Å². The lowest BCUT2D eigenvalue weighted by molar-refractivity contribution is 0.0724. The Hall–Kier alpha value is -0.130. The standard InChI is InChI=1S/C10H13BrF2NO2P/c1-2-14-6-7-3-4-8(9(11)5-7)10(12,13)17(15)16/h3-5,14-16H,2,6H2,1H3. The van der Waals surface area contributed by atoms with Gasteiger partial charge >= 0.3 is 5.66 Å². The molecule has 0 unspecified atom stereocenters. The van der Waals surface area contributed by atoms with Gasteiger partial charge in [-0.25, -0.2) is 0 Å². The molecule has 1 aromatic rings. The second-order valence-corrected chi connectivity index (χ2v) is 5.42. The second-order valence-electron chi connectivity index (χ2n) is 3.43. The van der Waals surface area contributed by atoms with Crippen LogP contribution in [0, 0.1) is 0 Å². The maximum absolute atomic E-state index is 13.4. The number of halogens is 3. The van der Waals surface area contributed by atoms with Crippen LogP contribution in [-0.4, -0.2) is 16.3 Å². The Morgan fingerprint density at radius 1 is 1.41 bits per heavy atom. The highest BCUT2D eigenvalue weighted by atomic mass is 79.9. The Kier molecular flexibility index (Phi) is 5.41. The van der Waals surface area contributed by atoms with Crippen LogP contribution in [0.25, 0.3) is 0 Å². The van der Waals surface area contributed by atoms with E-state index < -0.39 is 19.6 Å². The van der Waals surface area contributed by atoms with Crippen LogP contribution in [0.5, 0.6) is 0 Å². The molecule has 0 aliphatic heterocycles. The molecule has 1 aromatic carbocycles. The van der Waals surface area contributed by atoms with Gasteiger partial charge in [0.2, 0.25) is 8.38 Å². The summed E-state index contributed by atoms with van der Waals surface area (Å²) in [6.07, 6.45) is 0. The summed E-state index contributed by atoms with van der Waals surface area (Å²) in [4.78, 5) is 17.4. The Balaban J connectivity index is 2.97. The monoisotopic (exact) mass is 327 g/mol. The minimum Gasteiger partial charge on any atom is -0.346 e. The predicted octanol–water partition coefficient (Wildman–Crippen LogP) is 2.90. The summed E-state index contributed by atoms with van der Waals surface area (Å²) in [6.45, 7) is 3.31. The molecule has 0 heterocycles. The van der Waals surface area contributed by atoms with Gasteiger partial charge in [-0.05, 0) is 18.2 Å². The van der Waals surface area contributed by atoms with Gasteiger partial charge in [-0.15, -0.1) is 0 Å². The molecule has 0 saturated heterocycles. The quantitative estimate of drug-likeness (QED) is 0.729. The summed E-state index contributed by atoms with van der Waals surface area (Å²) in [5.74, 6) is 0. The van der Waals surface area contributed by atoms with Crippen LogP contribution in [0.2, 0.25) is 0 Å². The number of alkyl halides is 2. The van der Waals surface area contributed by atoms with Crippen molar-refractivity contribution in [2.75, 3.05) is 6.54 Å². The molecule has 0 amide bonds. The van der Waals surface area contributed by atoms with Crippen molar-refractivity contribution in [3.63, 3.8) is 0 Å². The van der Waals surface area contributed by atoms with Crippen molar-refractivity contribution in [3.8, 4) is 0 Å². The van der Waals surface area contributed by atoms with Crippen LogP contribution in [0.15, 0.2) is 22.7 Å². The first-order valence-corrected chi connectivity index (χ1v) is 6.99. The minimum atomic E-state index is -3.62. The maximum Gasteiger partial charge on any atom is 0.340 e. The van der Waals surface area contributed by atoms with E-state index in [-0.39, 0.29) is 4.47 Å². The summed E-state index contributed by atoms with van der Waals surface area (Å²) in [7, 11) is -3.34. The van der Waals surface area contributed by atoms with Gasteiger partial charge in [0.1, 0.15) is 0 Å². The Bertz CT molecular complexity index is 391. The summed E-state index contributed by atoms with van der Waals surface area (Å²) < 4.78 is 27.0. The van der Waals surface area contributed by atoms with Crippen LogP contribution in [0.4, 0.5) is 8.78 Å². The van der Waals surface area contributed by atoms with Crippen molar-refractivity contribution in [1.82, 2.24) is 5.32 Å². The van der Waals surface area contributed by atoms with Crippen LogP contribution in [0.1, 0.15) is 18.1 Å². The number of hydrogen-bond donors (Lipinski definition) is 3.